The SMILES string of the molecule is O=C(Cl)c1ncc(Br)cn1.O=S(Cl)Cl. The van der Waals surface area contributed by atoms with Crippen molar-refractivity contribution in [2.75, 3.05) is 0 Å². The summed E-state index contributed by atoms with van der Waals surface area (Å²) >= 11 is 8.19. The molecule has 0 aliphatic carbocycles. The highest BCUT2D eigenvalue weighted by Gasteiger charge is 2.02. The molecule has 14 heavy (non-hydrogen) atoms. The predicted octanol–water partition coefficient (Wildman–Crippen LogP) is 2.66. The van der Waals surface area contributed by atoms with Gasteiger partial charge in [-0.25, -0.2) is 14.2 Å². The summed E-state index contributed by atoms with van der Waals surface area (Å²) in [6.45, 7) is 0. The van der Waals surface area contributed by atoms with Gasteiger partial charge in [0.25, 0.3) is 5.24 Å². The van der Waals surface area contributed by atoms with Crippen LogP contribution in [0, 0.1) is 0 Å². The molecule has 0 saturated heterocycles. The minimum absolute atomic E-state index is 0.0184. The van der Waals surface area contributed by atoms with Gasteiger partial charge < -0.3 is 0 Å². The Hall–Kier alpha value is 0.250. The fraction of sp³-hybridized carbons (Fsp3) is 0. The van der Waals surface area contributed by atoms with E-state index in [2.05, 4.69) is 47.3 Å². The molecule has 1 aromatic heterocycles. The van der Waals surface area contributed by atoms with Gasteiger partial charge in [0.1, 0.15) is 0 Å². The van der Waals surface area contributed by atoms with Gasteiger partial charge in [-0.05, 0) is 27.5 Å². The maximum atomic E-state index is 10.4. The Balaban J connectivity index is 0.000000364. The first-order valence-corrected chi connectivity index (χ1v) is 6.82. The molecule has 0 N–H and O–H groups in total. The lowest BCUT2D eigenvalue weighted by Gasteiger charge is -1.89. The minimum Gasteiger partial charge on any atom is -0.272 e. The smallest absolute Gasteiger partial charge is 0.272 e. The normalized spacial score (nSPS) is 9.21. The molecule has 1 heterocycles. The molecule has 0 aliphatic rings. The van der Waals surface area contributed by atoms with Gasteiger partial charge in [-0.1, -0.05) is 0 Å². The molecule has 0 aromatic carbocycles. The van der Waals surface area contributed by atoms with Crippen LogP contribution in [0.5, 0.6) is 0 Å². The van der Waals surface area contributed by atoms with E-state index in [1.807, 2.05) is 0 Å². The van der Waals surface area contributed by atoms with E-state index in [1.54, 1.807) is 0 Å². The second kappa shape index (κ2) is 7.53. The lowest BCUT2D eigenvalue weighted by atomic mass is 10.6. The molecule has 4 nitrogen and oxygen atoms in total. The van der Waals surface area contributed by atoms with E-state index in [4.69, 9.17) is 15.8 Å². The van der Waals surface area contributed by atoms with Crippen LogP contribution in [0.1, 0.15) is 10.6 Å². The zero-order chi connectivity index (χ0) is 11.1. The molecule has 0 aliphatic heterocycles. The van der Waals surface area contributed by atoms with Gasteiger partial charge >= 0.3 is 0 Å². The summed E-state index contributed by atoms with van der Waals surface area (Å²) in [7, 11) is 7.36. The Bertz CT molecular complexity index is 330. The Labute approximate surface area is 105 Å². The van der Waals surface area contributed by atoms with Crippen LogP contribution in [0.25, 0.3) is 0 Å². The van der Waals surface area contributed by atoms with Crippen LogP contribution >= 0.6 is 48.9 Å². The van der Waals surface area contributed by atoms with Crippen LogP contribution in [-0.2, 0) is 9.23 Å². The molecular formula is C5H2BrCl3N2O2S. The molecule has 0 spiro atoms. The summed E-state index contributed by atoms with van der Waals surface area (Å²) in [5.41, 5.74) is 0. The number of nitrogens with zero attached hydrogens (tertiary/aromatic N) is 2. The first-order chi connectivity index (χ1) is 6.43. The van der Waals surface area contributed by atoms with E-state index in [-0.39, 0.29) is 5.82 Å². The molecular weight excluding hydrogens is 338 g/mol. The van der Waals surface area contributed by atoms with Crippen molar-refractivity contribution < 1.29 is 9.00 Å². The molecule has 0 bridgehead atoms. The molecule has 0 amide bonds. The molecule has 78 valence electrons. The molecule has 1 rings (SSSR count). The van der Waals surface area contributed by atoms with Crippen molar-refractivity contribution in [1.82, 2.24) is 9.97 Å². The third kappa shape index (κ3) is 7.64. The second-order valence-electron chi connectivity index (χ2n) is 1.68. The Morgan fingerprint density at radius 2 is 1.71 bits per heavy atom. The van der Waals surface area contributed by atoms with Crippen molar-refractivity contribution in [3.63, 3.8) is 0 Å². The Kier molecular flexibility index (Phi) is 7.66. The number of carbonyl (C=O) groups is 1. The predicted molar refractivity (Wildman–Crippen MR) is 59.8 cm³/mol. The van der Waals surface area contributed by atoms with Crippen LogP contribution in [0.4, 0.5) is 0 Å². The standard InChI is InChI=1S/C5H2BrClN2O.Cl2OS/c6-3-1-8-5(4(7)10)9-2-3;1-4(2)3/h1-2H;. The van der Waals surface area contributed by atoms with Crippen molar-refractivity contribution in [2.45, 2.75) is 0 Å². The second-order valence-corrected chi connectivity index (χ2v) is 5.47. The minimum atomic E-state index is -1.67. The van der Waals surface area contributed by atoms with Crippen molar-refractivity contribution in [3.8, 4) is 0 Å². The van der Waals surface area contributed by atoms with Crippen molar-refractivity contribution in [1.29, 1.82) is 0 Å². The fourth-order valence-electron chi connectivity index (χ4n) is 0.414. The highest BCUT2D eigenvalue weighted by molar-refractivity contribution is 9.10. The number of halogens is 4. The molecule has 0 fully saturated rings. The summed E-state index contributed by atoms with van der Waals surface area (Å²) in [5, 5.41) is -0.646. The van der Waals surface area contributed by atoms with Crippen LogP contribution in [0.2, 0.25) is 0 Å². The molecule has 1 aromatic rings. The van der Waals surface area contributed by atoms with Crippen molar-refractivity contribution in [3.05, 3.63) is 22.7 Å². The maximum Gasteiger partial charge on any atom is 0.289 e. The molecule has 9 heteroatoms. The number of rotatable bonds is 1. The van der Waals surface area contributed by atoms with E-state index in [0.29, 0.717) is 4.47 Å². The van der Waals surface area contributed by atoms with E-state index in [0.717, 1.165) is 0 Å². The highest BCUT2D eigenvalue weighted by Crippen LogP contribution is 2.05. The molecule has 0 unspecified atom stereocenters. The van der Waals surface area contributed by atoms with Crippen LogP contribution < -0.4 is 0 Å². The number of hydrogen-bond donors (Lipinski definition) is 0. The maximum absolute atomic E-state index is 10.4. The average molecular weight is 340 g/mol. The molecule has 0 atom stereocenters. The van der Waals surface area contributed by atoms with Gasteiger partial charge in [0.05, 0.1) is 4.47 Å². The lowest BCUT2D eigenvalue weighted by molar-refractivity contribution is 0.107. The molecule has 0 saturated carbocycles. The molecule has 0 radical (unpaired) electrons. The third-order valence-corrected chi connectivity index (χ3v) is 1.37. The van der Waals surface area contributed by atoms with E-state index < -0.39 is 14.5 Å². The average Bonchev–Trinajstić information content (AvgIpc) is 2.03. The summed E-state index contributed by atoms with van der Waals surface area (Å²) in [4.78, 5) is 17.7. The first-order valence-electron chi connectivity index (χ1n) is 2.85. The topological polar surface area (TPSA) is 59.9 Å². The summed E-state index contributed by atoms with van der Waals surface area (Å²) in [6.07, 6.45) is 2.92. The van der Waals surface area contributed by atoms with Gasteiger partial charge in [0.15, 0.2) is 0 Å². The van der Waals surface area contributed by atoms with E-state index in [9.17, 15) is 4.79 Å². The lowest BCUT2D eigenvalue weighted by Crippen LogP contribution is -1.96. The highest BCUT2D eigenvalue weighted by atomic mass is 79.9. The largest absolute Gasteiger partial charge is 0.289 e. The number of hydrogen-bond acceptors (Lipinski definition) is 4. The number of aromatic nitrogens is 2. The fourth-order valence-corrected chi connectivity index (χ4v) is 0.716. The zero-order valence-electron chi connectivity index (χ0n) is 6.29. The van der Waals surface area contributed by atoms with E-state index >= 15 is 0 Å². The summed E-state index contributed by atoms with van der Waals surface area (Å²) in [5.74, 6) is 0.0184. The third-order valence-electron chi connectivity index (χ3n) is 0.796. The van der Waals surface area contributed by atoms with Crippen LogP contribution in [0.15, 0.2) is 16.9 Å². The van der Waals surface area contributed by atoms with Crippen LogP contribution in [0.3, 0.4) is 0 Å². The monoisotopic (exact) mass is 338 g/mol. The quantitative estimate of drug-likeness (QED) is 0.738. The summed E-state index contributed by atoms with van der Waals surface area (Å²) in [6, 6.07) is 0. The van der Waals surface area contributed by atoms with Gasteiger partial charge in [-0.2, -0.15) is 0 Å². The summed E-state index contributed by atoms with van der Waals surface area (Å²) < 4.78 is 9.80. The zero-order valence-corrected chi connectivity index (χ0v) is 11.0. The number of carbonyl (C=O) groups excluding carboxylic acids is 1. The van der Waals surface area contributed by atoms with Crippen molar-refractivity contribution in [2.24, 2.45) is 0 Å². The Morgan fingerprint density at radius 1 is 1.36 bits per heavy atom. The van der Waals surface area contributed by atoms with Gasteiger partial charge in [0.2, 0.25) is 15.1 Å². The Morgan fingerprint density at radius 3 is 2.00 bits per heavy atom. The first kappa shape index (κ1) is 14.2. The van der Waals surface area contributed by atoms with E-state index in [1.165, 1.54) is 12.4 Å². The van der Waals surface area contributed by atoms with Crippen LogP contribution in [-0.4, -0.2) is 19.4 Å². The van der Waals surface area contributed by atoms with Gasteiger partial charge in [-0.3, -0.25) is 4.79 Å². The van der Waals surface area contributed by atoms with Crippen molar-refractivity contribution >= 4 is 63.4 Å². The van der Waals surface area contributed by atoms with Gasteiger partial charge in [-0.15, -0.1) is 0 Å². The van der Waals surface area contributed by atoms with Gasteiger partial charge in [0, 0.05) is 33.8 Å².